The van der Waals surface area contributed by atoms with Gasteiger partial charge >= 0.3 is 0 Å². The molecule has 0 atom stereocenters. The van der Waals surface area contributed by atoms with Crippen LogP contribution < -0.4 is 14.5 Å². The van der Waals surface area contributed by atoms with Crippen LogP contribution in [-0.2, 0) is 4.79 Å². The fraction of sp³-hybridized carbons (Fsp3) is 0.200. The molecular formula is C20H20N2O3. The van der Waals surface area contributed by atoms with Gasteiger partial charge in [-0.25, -0.2) is 0 Å². The van der Waals surface area contributed by atoms with Gasteiger partial charge in [0, 0.05) is 0 Å². The summed E-state index contributed by atoms with van der Waals surface area (Å²) in [5.74, 6) is 1.18. The Kier molecular flexibility index (Phi) is 4.84. The first kappa shape index (κ1) is 16.8. The van der Waals surface area contributed by atoms with E-state index in [2.05, 4.69) is 5.10 Å². The van der Waals surface area contributed by atoms with Crippen LogP contribution in [0.25, 0.3) is 6.08 Å². The number of anilines is 1. The maximum atomic E-state index is 12.7. The third-order valence-electron chi connectivity index (χ3n) is 3.86. The fourth-order valence-electron chi connectivity index (χ4n) is 2.65. The largest absolute Gasteiger partial charge is 0.493 e. The van der Waals surface area contributed by atoms with Gasteiger partial charge in [0.25, 0.3) is 5.91 Å². The van der Waals surface area contributed by atoms with E-state index in [0.29, 0.717) is 29.4 Å². The number of rotatable bonds is 5. The normalized spacial score (nSPS) is 15.5. The van der Waals surface area contributed by atoms with E-state index in [-0.39, 0.29) is 5.91 Å². The quantitative estimate of drug-likeness (QED) is 0.778. The first-order valence-corrected chi connectivity index (χ1v) is 8.11. The second kappa shape index (κ2) is 7.21. The molecule has 5 heteroatoms. The number of benzene rings is 2. The molecule has 0 fully saturated rings. The molecule has 0 spiro atoms. The van der Waals surface area contributed by atoms with Crippen molar-refractivity contribution in [2.45, 2.75) is 13.8 Å². The van der Waals surface area contributed by atoms with Crippen LogP contribution >= 0.6 is 0 Å². The predicted molar refractivity (Wildman–Crippen MR) is 99.2 cm³/mol. The second-order valence-electron chi connectivity index (χ2n) is 5.54. The summed E-state index contributed by atoms with van der Waals surface area (Å²) in [6.07, 6.45) is 1.83. The first-order valence-electron chi connectivity index (χ1n) is 8.11. The van der Waals surface area contributed by atoms with Crippen LogP contribution in [0.1, 0.15) is 19.4 Å². The number of ether oxygens (including phenoxy) is 2. The molecule has 2 aromatic rings. The van der Waals surface area contributed by atoms with E-state index >= 15 is 0 Å². The van der Waals surface area contributed by atoms with Gasteiger partial charge in [0.15, 0.2) is 11.5 Å². The third-order valence-corrected chi connectivity index (χ3v) is 3.86. The maximum absolute atomic E-state index is 12.7. The van der Waals surface area contributed by atoms with Crippen LogP contribution in [0.15, 0.2) is 59.2 Å². The van der Waals surface area contributed by atoms with Gasteiger partial charge in [-0.15, -0.1) is 0 Å². The zero-order chi connectivity index (χ0) is 17.8. The van der Waals surface area contributed by atoms with Crippen molar-refractivity contribution in [1.29, 1.82) is 0 Å². The van der Waals surface area contributed by atoms with Crippen LogP contribution in [-0.4, -0.2) is 25.3 Å². The second-order valence-corrected chi connectivity index (χ2v) is 5.54. The lowest BCUT2D eigenvalue weighted by molar-refractivity contribution is -0.114. The molecule has 0 N–H and O–H groups in total. The van der Waals surface area contributed by atoms with Crippen LogP contribution in [0.5, 0.6) is 11.5 Å². The van der Waals surface area contributed by atoms with Gasteiger partial charge in [-0.3, -0.25) is 4.79 Å². The Morgan fingerprint density at radius 3 is 2.56 bits per heavy atom. The number of hydrogen-bond acceptors (Lipinski definition) is 4. The molecule has 5 nitrogen and oxygen atoms in total. The molecule has 2 aromatic carbocycles. The summed E-state index contributed by atoms with van der Waals surface area (Å²) in [5.41, 5.74) is 2.86. The highest BCUT2D eigenvalue weighted by atomic mass is 16.5. The summed E-state index contributed by atoms with van der Waals surface area (Å²) in [6, 6.07) is 15.0. The molecule has 0 unspecified atom stereocenters. The van der Waals surface area contributed by atoms with Crippen molar-refractivity contribution in [1.82, 2.24) is 0 Å². The van der Waals surface area contributed by atoms with E-state index in [0.717, 1.165) is 11.3 Å². The summed E-state index contributed by atoms with van der Waals surface area (Å²) in [7, 11) is 1.60. The molecule has 128 valence electrons. The van der Waals surface area contributed by atoms with Gasteiger partial charge < -0.3 is 9.47 Å². The van der Waals surface area contributed by atoms with Crippen LogP contribution in [0, 0.1) is 0 Å². The van der Waals surface area contributed by atoms with Gasteiger partial charge in [0.05, 0.1) is 30.7 Å². The Balaban J connectivity index is 1.93. The molecule has 0 bridgehead atoms. The SMILES string of the molecule is CCOc1cc(C=C2C(=O)N(c3ccccc3)N=C2C)ccc1OC. The monoisotopic (exact) mass is 336 g/mol. The summed E-state index contributed by atoms with van der Waals surface area (Å²) < 4.78 is 10.9. The average molecular weight is 336 g/mol. The lowest BCUT2D eigenvalue weighted by Gasteiger charge is -2.11. The maximum Gasteiger partial charge on any atom is 0.280 e. The topological polar surface area (TPSA) is 51.1 Å². The number of hydrazone groups is 1. The van der Waals surface area contributed by atoms with Crippen LogP contribution in [0.3, 0.4) is 0 Å². The summed E-state index contributed by atoms with van der Waals surface area (Å²) in [6.45, 7) is 4.29. The molecule has 0 aliphatic carbocycles. The predicted octanol–water partition coefficient (Wildman–Crippen LogP) is 3.90. The first-order chi connectivity index (χ1) is 12.1. The highest BCUT2D eigenvalue weighted by molar-refractivity contribution is 6.32. The van der Waals surface area contributed by atoms with E-state index in [1.165, 1.54) is 5.01 Å². The van der Waals surface area contributed by atoms with Gasteiger partial charge in [0.1, 0.15) is 0 Å². The smallest absolute Gasteiger partial charge is 0.280 e. The number of methoxy groups -OCH3 is 1. The van der Waals surface area contributed by atoms with E-state index in [1.54, 1.807) is 7.11 Å². The molecule has 25 heavy (non-hydrogen) atoms. The summed E-state index contributed by atoms with van der Waals surface area (Å²) in [4.78, 5) is 12.7. The van der Waals surface area contributed by atoms with Crippen molar-refractivity contribution in [3.05, 3.63) is 59.7 Å². The van der Waals surface area contributed by atoms with Crippen molar-refractivity contribution >= 4 is 23.4 Å². The number of carbonyl (C=O) groups excluding carboxylic acids is 1. The van der Waals surface area contributed by atoms with Gasteiger partial charge in [-0.05, 0) is 49.8 Å². The summed E-state index contributed by atoms with van der Waals surface area (Å²) >= 11 is 0. The average Bonchev–Trinajstić information content (AvgIpc) is 2.91. The molecule has 1 aliphatic heterocycles. The van der Waals surface area contributed by atoms with Gasteiger partial charge in [-0.1, -0.05) is 24.3 Å². The van der Waals surface area contributed by atoms with E-state index < -0.39 is 0 Å². The zero-order valence-electron chi connectivity index (χ0n) is 14.5. The number of carbonyl (C=O) groups is 1. The minimum Gasteiger partial charge on any atom is -0.493 e. The Hall–Kier alpha value is -3.08. The molecule has 0 aromatic heterocycles. The van der Waals surface area contributed by atoms with Crippen molar-refractivity contribution in [2.75, 3.05) is 18.7 Å². The lowest BCUT2D eigenvalue weighted by atomic mass is 10.1. The number of hydrogen-bond donors (Lipinski definition) is 0. The molecule has 1 amide bonds. The van der Waals surface area contributed by atoms with Crippen molar-refractivity contribution in [3.63, 3.8) is 0 Å². The van der Waals surface area contributed by atoms with Crippen LogP contribution in [0.2, 0.25) is 0 Å². The molecular weight excluding hydrogens is 316 g/mol. The van der Waals surface area contributed by atoms with Gasteiger partial charge in [0.2, 0.25) is 0 Å². The van der Waals surface area contributed by atoms with Crippen molar-refractivity contribution in [3.8, 4) is 11.5 Å². The Labute approximate surface area is 147 Å². The fourth-order valence-corrected chi connectivity index (χ4v) is 2.65. The molecule has 1 aliphatic rings. The molecule has 1 heterocycles. The molecule has 0 saturated carbocycles. The Bertz CT molecular complexity index is 841. The Morgan fingerprint density at radius 1 is 1.12 bits per heavy atom. The highest BCUT2D eigenvalue weighted by Gasteiger charge is 2.28. The number of nitrogens with zero attached hydrogens (tertiary/aromatic N) is 2. The molecule has 3 rings (SSSR count). The van der Waals surface area contributed by atoms with Crippen molar-refractivity contribution < 1.29 is 14.3 Å². The number of amides is 1. The molecule has 0 radical (unpaired) electrons. The molecule has 0 saturated heterocycles. The minimum atomic E-state index is -0.141. The van der Waals surface area contributed by atoms with Gasteiger partial charge in [-0.2, -0.15) is 10.1 Å². The van der Waals surface area contributed by atoms with E-state index in [9.17, 15) is 4.79 Å². The van der Waals surface area contributed by atoms with Crippen molar-refractivity contribution in [2.24, 2.45) is 5.10 Å². The third kappa shape index (κ3) is 3.40. The highest BCUT2D eigenvalue weighted by Crippen LogP contribution is 2.30. The number of para-hydroxylation sites is 1. The standard InChI is InChI=1S/C20H20N2O3/c1-4-25-19-13-15(10-11-18(19)24-3)12-17-14(2)21-22(20(17)23)16-8-6-5-7-9-16/h5-13H,4H2,1-3H3. The van der Waals surface area contributed by atoms with Crippen LogP contribution in [0.4, 0.5) is 5.69 Å². The minimum absolute atomic E-state index is 0.141. The van der Waals surface area contributed by atoms with E-state index in [1.807, 2.05) is 68.5 Å². The lowest BCUT2D eigenvalue weighted by Crippen LogP contribution is -2.21. The summed E-state index contributed by atoms with van der Waals surface area (Å²) in [5, 5.41) is 5.81. The Morgan fingerprint density at radius 2 is 1.88 bits per heavy atom. The van der Waals surface area contributed by atoms with E-state index in [4.69, 9.17) is 9.47 Å². The zero-order valence-corrected chi connectivity index (χ0v) is 14.5.